The van der Waals surface area contributed by atoms with Gasteiger partial charge in [-0.05, 0) is 42.7 Å². The van der Waals surface area contributed by atoms with Gasteiger partial charge in [-0.25, -0.2) is 0 Å². The Labute approximate surface area is 180 Å². The summed E-state index contributed by atoms with van der Waals surface area (Å²) in [5.41, 5.74) is 1.09. The van der Waals surface area contributed by atoms with E-state index in [0.29, 0.717) is 5.75 Å². The summed E-state index contributed by atoms with van der Waals surface area (Å²) in [5.74, 6) is -0.188. The predicted octanol–water partition coefficient (Wildman–Crippen LogP) is 6.89. The first-order chi connectivity index (χ1) is 14.4. The monoisotopic (exact) mass is 434 g/mol. The Hall–Kier alpha value is -2.05. The maximum Gasteiger partial charge on any atom is 0.298 e. The molecule has 2 aromatic rings. The third kappa shape index (κ3) is 8.36. The van der Waals surface area contributed by atoms with Gasteiger partial charge in [-0.2, -0.15) is 8.42 Å². The van der Waals surface area contributed by atoms with Gasteiger partial charge in [0.05, 0.1) is 0 Å². The summed E-state index contributed by atoms with van der Waals surface area (Å²) >= 11 is 0. The molecule has 0 atom stereocenters. The minimum absolute atomic E-state index is 0.268. The maximum atomic E-state index is 11.5. The Bertz CT molecular complexity index is 877. The zero-order chi connectivity index (χ0) is 21.8. The van der Waals surface area contributed by atoms with Crippen LogP contribution >= 0.6 is 0 Å². The number of benzene rings is 2. The lowest BCUT2D eigenvalue weighted by Crippen LogP contribution is -2.01. The van der Waals surface area contributed by atoms with Crippen LogP contribution in [0, 0.1) is 0 Å². The van der Waals surface area contributed by atoms with Crippen LogP contribution in [0.5, 0.6) is 17.2 Å². The van der Waals surface area contributed by atoms with E-state index in [0.717, 1.165) is 18.4 Å². The average Bonchev–Trinajstić information content (AvgIpc) is 2.70. The van der Waals surface area contributed by atoms with E-state index in [-0.39, 0.29) is 11.5 Å². The van der Waals surface area contributed by atoms with Crippen LogP contribution in [0.1, 0.15) is 76.7 Å². The molecule has 30 heavy (non-hydrogen) atoms. The van der Waals surface area contributed by atoms with Crippen molar-refractivity contribution in [3.8, 4) is 17.2 Å². The highest BCUT2D eigenvalue weighted by molar-refractivity contribution is 7.86. The van der Waals surface area contributed by atoms with Crippen molar-refractivity contribution >= 4 is 10.1 Å². The molecule has 0 aliphatic heterocycles. The normalized spacial score (nSPS) is 11.5. The SMILES string of the molecule is CCCCCCCCCCCCc1cccc(Oc2c(O)cccc2S(=O)(=O)O)c1. The fourth-order valence-electron chi connectivity index (χ4n) is 3.51. The molecule has 2 aromatic carbocycles. The van der Waals surface area contributed by atoms with Crippen LogP contribution in [0.15, 0.2) is 47.4 Å². The maximum absolute atomic E-state index is 11.5. The largest absolute Gasteiger partial charge is 0.504 e. The molecular weight excluding hydrogens is 400 g/mol. The number of hydrogen-bond donors (Lipinski definition) is 2. The molecule has 5 nitrogen and oxygen atoms in total. The van der Waals surface area contributed by atoms with Crippen LogP contribution in [0.3, 0.4) is 0 Å². The van der Waals surface area contributed by atoms with Crippen LogP contribution in [-0.4, -0.2) is 18.1 Å². The van der Waals surface area contributed by atoms with Crippen molar-refractivity contribution in [3.05, 3.63) is 48.0 Å². The number of ether oxygens (including phenoxy) is 1. The van der Waals surface area contributed by atoms with Crippen LogP contribution in [0.4, 0.5) is 0 Å². The highest BCUT2D eigenvalue weighted by atomic mass is 32.2. The molecule has 0 unspecified atom stereocenters. The summed E-state index contributed by atoms with van der Waals surface area (Å²) in [4.78, 5) is -0.456. The van der Waals surface area contributed by atoms with E-state index in [9.17, 15) is 18.1 Å². The van der Waals surface area contributed by atoms with Gasteiger partial charge in [-0.15, -0.1) is 0 Å². The average molecular weight is 435 g/mol. The third-order valence-corrected chi connectivity index (χ3v) is 6.05. The highest BCUT2D eigenvalue weighted by Crippen LogP contribution is 2.37. The molecule has 0 aliphatic rings. The van der Waals surface area contributed by atoms with Gasteiger partial charge in [-0.1, -0.05) is 82.9 Å². The van der Waals surface area contributed by atoms with Crippen molar-refractivity contribution in [2.45, 2.75) is 82.4 Å². The van der Waals surface area contributed by atoms with Crippen molar-refractivity contribution < 1.29 is 22.8 Å². The van der Waals surface area contributed by atoms with Crippen LogP contribution < -0.4 is 4.74 Å². The fourth-order valence-corrected chi connectivity index (χ4v) is 4.14. The van der Waals surface area contributed by atoms with E-state index in [4.69, 9.17) is 4.74 Å². The second-order valence-electron chi connectivity index (χ2n) is 7.76. The Balaban J connectivity index is 1.81. The molecule has 0 aromatic heterocycles. The number of hydrogen-bond acceptors (Lipinski definition) is 4. The van der Waals surface area contributed by atoms with Gasteiger partial charge < -0.3 is 9.84 Å². The van der Waals surface area contributed by atoms with Crippen molar-refractivity contribution in [1.82, 2.24) is 0 Å². The number of phenolic OH excluding ortho intramolecular Hbond substituents is 1. The summed E-state index contributed by atoms with van der Waals surface area (Å²) in [6.07, 6.45) is 13.8. The smallest absolute Gasteiger partial charge is 0.298 e. The number of aryl methyl sites for hydroxylation is 1. The minimum atomic E-state index is -4.50. The molecule has 0 saturated carbocycles. The van der Waals surface area contributed by atoms with Gasteiger partial charge in [-0.3, -0.25) is 4.55 Å². The molecule has 0 bridgehead atoms. The van der Waals surface area contributed by atoms with E-state index in [1.54, 1.807) is 6.07 Å². The van der Waals surface area contributed by atoms with Gasteiger partial charge in [0.1, 0.15) is 10.6 Å². The second kappa shape index (κ2) is 12.6. The molecule has 2 rings (SSSR count). The topological polar surface area (TPSA) is 83.8 Å². The van der Waals surface area contributed by atoms with Gasteiger partial charge in [0, 0.05) is 0 Å². The number of rotatable bonds is 14. The van der Waals surface area contributed by atoms with E-state index >= 15 is 0 Å². The Morgan fingerprint density at radius 3 is 2.07 bits per heavy atom. The fraction of sp³-hybridized carbons (Fsp3) is 0.500. The summed E-state index contributed by atoms with van der Waals surface area (Å²) in [6.45, 7) is 2.24. The third-order valence-electron chi connectivity index (χ3n) is 5.17. The summed E-state index contributed by atoms with van der Waals surface area (Å²) in [7, 11) is -4.50. The minimum Gasteiger partial charge on any atom is -0.504 e. The first kappa shape index (κ1) is 24.2. The lowest BCUT2D eigenvalue weighted by atomic mass is 10.0. The second-order valence-corrected chi connectivity index (χ2v) is 9.15. The molecule has 0 fully saturated rings. The quantitative estimate of drug-likeness (QED) is 0.250. The molecule has 0 spiro atoms. The van der Waals surface area contributed by atoms with Crippen molar-refractivity contribution in [3.63, 3.8) is 0 Å². The first-order valence-corrected chi connectivity index (χ1v) is 12.4. The van der Waals surface area contributed by atoms with Crippen LogP contribution in [0.25, 0.3) is 0 Å². The molecule has 2 N–H and O–H groups in total. The number of phenols is 1. The number of aromatic hydroxyl groups is 1. The van der Waals surface area contributed by atoms with Gasteiger partial charge in [0.15, 0.2) is 11.5 Å². The van der Waals surface area contributed by atoms with Crippen molar-refractivity contribution in [2.24, 2.45) is 0 Å². The predicted molar refractivity (Wildman–Crippen MR) is 120 cm³/mol. The molecule has 0 amide bonds. The van der Waals surface area contributed by atoms with E-state index in [1.165, 1.54) is 76.0 Å². The molecule has 0 aliphatic carbocycles. The van der Waals surface area contributed by atoms with Gasteiger partial charge >= 0.3 is 0 Å². The molecule has 0 heterocycles. The van der Waals surface area contributed by atoms with Gasteiger partial charge in [0.2, 0.25) is 0 Å². The molecule has 0 radical (unpaired) electrons. The van der Waals surface area contributed by atoms with E-state index in [2.05, 4.69) is 6.92 Å². The van der Waals surface area contributed by atoms with Crippen molar-refractivity contribution in [2.75, 3.05) is 0 Å². The first-order valence-electron chi connectivity index (χ1n) is 11.0. The molecule has 0 saturated heterocycles. The number of para-hydroxylation sites is 1. The zero-order valence-electron chi connectivity index (χ0n) is 17.8. The van der Waals surface area contributed by atoms with E-state index < -0.39 is 15.0 Å². The number of unbranched alkanes of at least 4 members (excludes halogenated alkanes) is 9. The lowest BCUT2D eigenvalue weighted by Gasteiger charge is -2.12. The van der Waals surface area contributed by atoms with Gasteiger partial charge in [0.25, 0.3) is 10.1 Å². The Kier molecular flexibility index (Phi) is 10.2. The van der Waals surface area contributed by atoms with Crippen LogP contribution in [-0.2, 0) is 16.5 Å². The summed E-state index contributed by atoms with van der Waals surface area (Å²) in [5, 5.41) is 9.99. The molecule has 166 valence electrons. The summed E-state index contributed by atoms with van der Waals surface area (Å²) < 4.78 is 38.1. The summed E-state index contributed by atoms with van der Waals surface area (Å²) in [6, 6.07) is 11.2. The van der Waals surface area contributed by atoms with Crippen molar-refractivity contribution in [1.29, 1.82) is 0 Å². The Morgan fingerprint density at radius 1 is 0.833 bits per heavy atom. The standard InChI is InChI=1S/C24H34O5S/c1-2-3-4-5-6-7-8-9-10-11-14-20-15-12-16-21(19-20)29-24-22(25)17-13-18-23(24)30(26,27)28/h12-13,15-19,25H,2-11,14H2,1H3,(H,26,27,28). The molecular formula is C24H34O5S. The highest BCUT2D eigenvalue weighted by Gasteiger charge is 2.20. The lowest BCUT2D eigenvalue weighted by molar-refractivity contribution is 0.397. The zero-order valence-corrected chi connectivity index (χ0v) is 18.7. The molecule has 6 heteroatoms. The Morgan fingerprint density at radius 2 is 1.43 bits per heavy atom. The van der Waals surface area contributed by atoms with Crippen LogP contribution in [0.2, 0.25) is 0 Å². The van der Waals surface area contributed by atoms with E-state index in [1.807, 2.05) is 18.2 Å².